The minimum absolute atomic E-state index is 0.136. The Balaban J connectivity index is 2.29. The molecule has 0 aliphatic heterocycles. The average Bonchev–Trinajstić information content (AvgIpc) is 2.62. The molecule has 1 N–H and O–H groups in total. The van der Waals surface area contributed by atoms with E-state index in [1.807, 2.05) is 13.0 Å². The second-order valence-electron chi connectivity index (χ2n) is 5.36. The number of esters is 1. The van der Waals surface area contributed by atoms with Gasteiger partial charge < -0.3 is 14.8 Å². The maximum atomic E-state index is 12.5. The van der Waals surface area contributed by atoms with Gasteiger partial charge in [0.1, 0.15) is 23.1 Å². The molecule has 0 unspecified atom stereocenters. The summed E-state index contributed by atoms with van der Waals surface area (Å²) >= 11 is 3.32. The molecule has 1 amide bonds. The Morgan fingerprint density at radius 2 is 2.04 bits per heavy atom. The van der Waals surface area contributed by atoms with Crippen LogP contribution in [0.5, 0.6) is 11.5 Å². The first-order valence-corrected chi connectivity index (χ1v) is 8.86. The highest BCUT2D eigenvalue weighted by molar-refractivity contribution is 9.10. The zero-order chi connectivity index (χ0) is 19.8. The lowest BCUT2D eigenvalue weighted by Crippen LogP contribution is -2.13. The second-order valence-corrected chi connectivity index (χ2v) is 6.28. The van der Waals surface area contributed by atoms with E-state index in [9.17, 15) is 14.9 Å². The van der Waals surface area contributed by atoms with E-state index in [-0.39, 0.29) is 11.3 Å². The van der Waals surface area contributed by atoms with E-state index < -0.39 is 11.9 Å². The lowest BCUT2D eigenvalue weighted by molar-refractivity contribution is -0.131. The van der Waals surface area contributed by atoms with E-state index >= 15 is 0 Å². The standard InChI is InChI=1S/C20H17BrN2O4/c1-3-26-18-6-4-5-17(11-18)23-20(25)15(12-22)9-14-10-16(21)7-8-19(14)27-13(2)24/h4-11H,3H2,1-2H3,(H,23,25)/b15-9+. The number of ether oxygens (including phenoxy) is 2. The minimum Gasteiger partial charge on any atom is -0.494 e. The summed E-state index contributed by atoms with van der Waals surface area (Å²) in [4.78, 5) is 23.7. The molecule has 0 aliphatic carbocycles. The van der Waals surface area contributed by atoms with Crippen molar-refractivity contribution in [1.82, 2.24) is 0 Å². The number of amides is 1. The fourth-order valence-corrected chi connectivity index (χ4v) is 2.59. The van der Waals surface area contributed by atoms with Crippen molar-refractivity contribution in [3.63, 3.8) is 0 Å². The topological polar surface area (TPSA) is 88.4 Å². The summed E-state index contributed by atoms with van der Waals surface area (Å²) in [6.07, 6.45) is 1.37. The Kier molecular flexibility index (Phi) is 7.15. The van der Waals surface area contributed by atoms with E-state index in [2.05, 4.69) is 21.2 Å². The normalized spacial score (nSPS) is 10.7. The third kappa shape index (κ3) is 5.97. The molecule has 2 rings (SSSR count). The smallest absolute Gasteiger partial charge is 0.308 e. The van der Waals surface area contributed by atoms with Gasteiger partial charge in [-0.1, -0.05) is 22.0 Å². The van der Waals surface area contributed by atoms with Crippen molar-refractivity contribution in [2.75, 3.05) is 11.9 Å². The van der Waals surface area contributed by atoms with Crippen LogP contribution in [0.4, 0.5) is 5.69 Å². The summed E-state index contributed by atoms with van der Waals surface area (Å²) in [5.74, 6) is -0.214. The minimum atomic E-state index is -0.583. The van der Waals surface area contributed by atoms with Crippen molar-refractivity contribution in [3.8, 4) is 17.6 Å². The number of rotatable bonds is 6. The molecule has 0 aromatic heterocycles. The molecule has 0 radical (unpaired) electrons. The van der Waals surface area contributed by atoms with Gasteiger partial charge in [0.05, 0.1) is 6.61 Å². The summed E-state index contributed by atoms with van der Waals surface area (Å²) in [5.41, 5.74) is 0.791. The molecule has 27 heavy (non-hydrogen) atoms. The quantitative estimate of drug-likeness (QED) is 0.320. The van der Waals surface area contributed by atoms with Gasteiger partial charge in [0.25, 0.3) is 5.91 Å². The first-order chi connectivity index (χ1) is 12.9. The number of carbonyl (C=O) groups is 2. The maximum absolute atomic E-state index is 12.5. The first-order valence-electron chi connectivity index (χ1n) is 8.07. The van der Waals surface area contributed by atoms with Gasteiger partial charge in [0, 0.05) is 28.7 Å². The second kappa shape index (κ2) is 9.55. The monoisotopic (exact) mass is 428 g/mol. The number of nitrogens with one attached hydrogen (secondary N) is 1. The van der Waals surface area contributed by atoms with Gasteiger partial charge in [-0.15, -0.1) is 0 Å². The molecule has 0 aliphatic rings. The molecule has 138 valence electrons. The van der Waals surface area contributed by atoms with Gasteiger partial charge in [-0.05, 0) is 43.3 Å². The zero-order valence-corrected chi connectivity index (χ0v) is 16.4. The number of benzene rings is 2. The Morgan fingerprint density at radius 3 is 2.70 bits per heavy atom. The summed E-state index contributed by atoms with van der Waals surface area (Å²) in [6, 6.07) is 13.7. The van der Waals surface area contributed by atoms with Gasteiger partial charge in [0.15, 0.2) is 0 Å². The third-order valence-corrected chi connectivity index (χ3v) is 3.79. The molecule has 0 bridgehead atoms. The van der Waals surface area contributed by atoms with Gasteiger partial charge in [-0.2, -0.15) is 5.26 Å². The lowest BCUT2D eigenvalue weighted by atomic mass is 10.1. The van der Waals surface area contributed by atoms with Crippen LogP contribution in [-0.4, -0.2) is 18.5 Å². The Hall–Kier alpha value is -3.11. The molecular weight excluding hydrogens is 412 g/mol. The van der Waals surface area contributed by atoms with Crippen LogP contribution in [0.15, 0.2) is 52.5 Å². The molecule has 0 fully saturated rings. The summed E-state index contributed by atoms with van der Waals surface area (Å²) in [7, 11) is 0. The largest absolute Gasteiger partial charge is 0.494 e. The Morgan fingerprint density at radius 1 is 1.26 bits per heavy atom. The number of nitrogens with zero attached hydrogens (tertiary/aromatic N) is 1. The highest BCUT2D eigenvalue weighted by Crippen LogP contribution is 2.26. The molecule has 0 saturated carbocycles. The first kappa shape index (κ1) is 20.2. The predicted molar refractivity (Wildman–Crippen MR) is 105 cm³/mol. The zero-order valence-electron chi connectivity index (χ0n) is 14.8. The number of hydrogen-bond acceptors (Lipinski definition) is 5. The maximum Gasteiger partial charge on any atom is 0.308 e. The number of halogens is 1. The van der Waals surface area contributed by atoms with E-state index in [0.717, 1.165) is 0 Å². The molecule has 0 spiro atoms. The van der Waals surface area contributed by atoms with Crippen LogP contribution in [0.1, 0.15) is 19.4 Å². The van der Waals surface area contributed by atoms with Crippen LogP contribution >= 0.6 is 15.9 Å². The van der Waals surface area contributed by atoms with E-state index in [4.69, 9.17) is 9.47 Å². The molecule has 6 nitrogen and oxygen atoms in total. The van der Waals surface area contributed by atoms with Crippen LogP contribution in [-0.2, 0) is 9.59 Å². The van der Waals surface area contributed by atoms with Crippen molar-refractivity contribution in [3.05, 3.63) is 58.1 Å². The molecule has 7 heteroatoms. The summed E-state index contributed by atoms with van der Waals surface area (Å²) in [6.45, 7) is 3.64. The van der Waals surface area contributed by atoms with Crippen molar-refractivity contribution in [2.24, 2.45) is 0 Å². The van der Waals surface area contributed by atoms with E-state index in [1.54, 1.807) is 42.5 Å². The fourth-order valence-electron chi connectivity index (χ4n) is 2.21. The van der Waals surface area contributed by atoms with Crippen molar-refractivity contribution >= 4 is 39.6 Å². The van der Waals surface area contributed by atoms with Crippen LogP contribution in [0, 0.1) is 11.3 Å². The Bertz CT molecular complexity index is 932. The summed E-state index contributed by atoms with van der Waals surface area (Å²) < 4.78 is 11.2. The molecule has 0 atom stereocenters. The highest BCUT2D eigenvalue weighted by atomic mass is 79.9. The SMILES string of the molecule is CCOc1cccc(NC(=O)/C(C#N)=C/c2cc(Br)ccc2OC(C)=O)c1. The molecule has 2 aromatic carbocycles. The van der Waals surface area contributed by atoms with Gasteiger partial charge in [-0.25, -0.2) is 0 Å². The third-order valence-electron chi connectivity index (χ3n) is 3.29. The predicted octanol–water partition coefficient (Wildman–Crippen LogP) is 4.32. The highest BCUT2D eigenvalue weighted by Gasteiger charge is 2.13. The van der Waals surface area contributed by atoms with Crippen LogP contribution in [0.3, 0.4) is 0 Å². The van der Waals surface area contributed by atoms with Crippen LogP contribution in [0.25, 0.3) is 6.08 Å². The van der Waals surface area contributed by atoms with E-state index in [0.29, 0.717) is 28.1 Å². The van der Waals surface area contributed by atoms with Crippen LogP contribution < -0.4 is 14.8 Å². The van der Waals surface area contributed by atoms with Crippen LogP contribution in [0.2, 0.25) is 0 Å². The van der Waals surface area contributed by atoms with Gasteiger partial charge >= 0.3 is 5.97 Å². The Labute approximate surface area is 165 Å². The molecular formula is C20H17BrN2O4. The fraction of sp³-hybridized carbons (Fsp3) is 0.150. The molecule has 0 heterocycles. The van der Waals surface area contributed by atoms with E-state index in [1.165, 1.54) is 13.0 Å². The van der Waals surface area contributed by atoms with Crippen molar-refractivity contribution in [2.45, 2.75) is 13.8 Å². The van der Waals surface area contributed by atoms with Gasteiger partial charge in [0.2, 0.25) is 0 Å². The van der Waals surface area contributed by atoms with Crippen molar-refractivity contribution < 1.29 is 19.1 Å². The average molecular weight is 429 g/mol. The lowest BCUT2D eigenvalue weighted by Gasteiger charge is -2.09. The number of anilines is 1. The van der Waals surface area contributed by atoms with Gasteiger partial charge in [-0.3, -0.25) is 9.59 Å². The number of nitriles is 1. The summed E-state index contributed by atoms with van der Waals surface area (Å²) in [5, 5.41) is 12.1. The molecule has 0 saturated heterocycles. The molecule has 2 aromatic rings. The van der Waals surface area contributed by atoms with Crippen molar-refractivity contribution in [1.29, 1.82) is 5.26 Å². The number of carbonyl (C=O) groups excluding carboxylic acids is 2. The number of hydrogen-bond donors (Lipinski definition) is 1.